The van der Waals surface area contributed by atoms with Crippen molar-refractivity contribution in [3.8, 4) is 17.6 Å². The lowest BCUT2D eigenvalue weighted by Gasteiger charge is -2.26. The van der Waals surface area contributed by atoms with Gasteiger partial charge >= 0.3 is 0 Å². The first-order valence-corrected chi connectivity index (χ1v) is 17.9. The first-order chi connectivity index (χ1) is 25.5. The predicted molar refractivity (Wildman–Crippen MR) is 197 cm³/mol. The smallest absolute Gasteiger partial charge is 0.227 e. The number of nitrogens with zero attached hydrogens (tertiary/aromatic N) is 1. The third-order valence-corrected chi connectivity index (χ3v) is 8.18. The molecule has 0 fully saturated rings. The Morgan fingerprint density at radius 3 is 1.87 bits per heavy atom. The number of phenols is 1. The zero-order valence-electron chi connectivity index (χ0n) is 29.8. The number of Topliss-reactive ketones (excluding diaryl/α,β-unsaturated/α-hetero) is 1. The van der Waals surface area contributed by atoms with Gasteiger partial charge in [-0.1, -0.05) is 54.3 Å². The molecule has 52 heavy (non-hydrogen) atoms. The Labute approximate surface area is 306 Å². The Morgan fingerprint density at radius 1 is 0.635 bits per heavy atom. The van der Waals surface area contributed by atoms with Crippen LogP contribution in [0.15, 0.2) is 72.8 Å². The normalized spacial score (nSPS) is 11.8. The van der Waals surface area contributed by atoms with Crippen molar-refractivity contribution in [3.63, 3.8) is 0 Å². The van der Waals surface area contributed by atoms with Crippen molar-refractivity contribution in [2.75, 3.05) is 77.5 Å². The van der Waals surface area contributed by atoms with Gasteiger partial charge in [-0.15, -0.1) is 0 Å². The van der Waals surface area contributed by atoms with Crippen molar-refractivity contribution in [3.05, 3.63) is 95.1 Å². The summed E-state index contributed by atoms with van der Waals surface area (Å²) in [5.41, 5.74) is 4.58. The van der Waals surface area contributed by atoms with Crippen LogP contribution < -0.4 is 10.2 Å². The number of phenolic OH excluding ortho intramolecular Hbond substituents is 1. The molecule has 0 spiro atoms. The van der Waals surface area contributed by atoms with Crippen LogP contribution in [0.4, 0.5) is 5.69 Å². The molecule has 0 radical (unpaired) electrons. The molecule has 0 unspecified atom stereocenters. The molecule has 1 heterocycles. The lowest BCUT2D eigenvalue weighted by Crippen LogP contribution is -2.31. The van der Waals surface area contributed by atoms with Crippen LogP contribution in [0.3, 0.4) is 0 Å². The van der Waals surface area contributed by atoms with Crippen LogP contribution in [0.1, 0.15) is 54.4 Å². The highest BCUT2D eigenvalue weighted by atomic mass is 16.6. The molecule has 0 aliphatic carbocycles. The van der Waals surface area contributed by atoms with Crippen LogP contribution in [-0.4, -0.2) is 95.3 Å². The maximum absolute atomic E-state index is 13.3. The Hall–Kier alpha value is -4.57. The molecule has 11 heteroatoms. The van der Waals surface area contributed by atoms with Crippen molar-refractivity contribution in [1.82, 2.24) is 5.32 Å². The molecule has 11 nitrogen and oxygen atoms in total. The van der Waals surface area contributed by atoms with Gasteiger partial charge < -0.3 is 39.0 Å². The SMILES string of the molecule is O=C(CCCC(=O)N1Cc2ccccc2C#Cc2ccccc21)CCOCCOCCOCCOCCOCCC(=O)NCCc1ccc(O)cc1. The summed E-state index contributed by atoms with van der Waals surface area (Å²) < 4.78 is 27.5. The van der Waals surface area contributed by atoms with E-state index in [2.05, 4.69) is 17.2 Å². The minimum absolute atomic E-state index is 0.0244. The molecule has 0 saturated heterocycles. The molecule has 0 bridgehead atoms. The van der Waals surface area contributed by atoms with Gasteiger partial charge in [0.15, 0.2) is 0 Å². The number of para-hydroxylation sites is 1. The summed E-state index contributed by atoms with van der Waals surface area (Å²) in [4.78, 5) is 39.4. The molecule has 2 amide bonds. The van der Waals surface area contributed by atoms with Gasteiger partial charge in [-0.05, 0) is 54.3 Å². The van der Waals surface area contributed by atoms with Crippen LogP contribution >= 0.6 is 0 Å². The fourth-order valence-corrected chi connectivity index (χ4v) is 5.33. The molecule has 2 N–H and O–H groups in total. The van der Waals surface area contributed by atoms with Crippen molar-refractivity contribution >= 4 is 23.3 Å². The average molecular weight is 715 g/mol. The highest BCUT2D eigenvalue weighted by Crippen LogP contribution is 2.26. The van der Waals surface area contributed by atoms with Crippen LogP contribution in [0.2, 0.25) is 0 Å². The van der Waals surface area contributed by atoms with Gasteiger partial charge in [-0.3, -0.25) is 14.4 Å². The number of carbonyl (C=O) groups is 3. The Bertz CT molecular complexity index is 1600. The fourth-order valence-electron chi connectivity index (χ4n) is 5.33. The van der Waals surface area contributed by atoms with E-state index in [4.69, 9.17) is 23.7 Å². The summed E-state index contributed by atoms with van der Waals surface area (Å²) in [6, 6.07) is 22.5. The maximum atomic E-state index is 13.3. The molecule has 4 rings (SSSR count). The summed E-state index contributed by atoms with van der Waals surface area (Å²) in [6.07, 6.45) is 2.38. The second kappa shape index (κ2) is 23.8. The largest absolute Gasteiger partial charge is 0.508 e. The van der Waals surface area contributed by atoms with Gasteiger partial charge in [-0.25, -0.2) is 0 Å². The molecule has 1 aliphatic rings. The zero-order chi connectivity index (χ0) is 36.6. The number of hydrogen-bond donors (Lipinski definition) is 2. The third kappa shape index (κ3) is 15.4. The van der Waals surface area contributed by atoms with E-state index in [1.165, 1.54) is 0 Å². The summed E-state index contributed by atoms with van der Waals surface area (Å²) in [6.45, 7) is 4.95. The van der Waals surface area contributed by atoms with Crippen LogP contribution in [0, 0.1) is 11.8 Å². The minimum atomic E-state index is -0.0662. The fraction of sp³-hybridized carbons (Fsp3) is 0.439. The monoisotopic (exact) mass is 714 g/mol. The first-order valence-electron chi connectivity index (χ1n) is 17.9. The quantitative estimate of drug-likeness (QED) is 0.0955. The highest BCUT2D eigenvalue weighted by Gasteiger charge is 2.21. The van der Waals surface area contributed by atoms with Crippen LogP contribution in [-0.2, 0) is 51.0 Å². The van der Waals surface area contributed by atoms with Crippen LogP contribution in [0.5, 0.6) is 5.75 Å². The van der Waals surface area contributed by atoms with E-state index in [1.54, 1.807) is 17.0 Å². The van der Waals surface area contributed by atoms with Gasteiger partial charge in [0.25, 0.3) is 0 Å². The third-order valence-electron chi connectivity index (χ3n) is 8.18. The number of nitrogens with one attached hydrogen (secondary N) is 1. The Morgan fingerprint density at radius 2 is 1.19 bits per heavy atom. The number of amides is 2. The standard InChI is InChI=1S/C41H50N2O9/c44-37(9-5-11-41(47)43-32-36-8-2-1-6-34(36)14-15-35-7-3-4-10-39(35)43)19-22-48-24-26-50-28-30-52-31-29-51-27-25-49-23-20-40(46)42-21-18-33-12-16-38(45)17-13-33/h1-4,6-8,10,12-13,16-17,45H,5,9,11,18-32H2,(H,42,46). The summed E-state index contributed by atoms with van der Waals surface area (Å²) in [7, 11) is 0. The van der Waals surface area contributed by atoms with E-state index < -0.39 is 0 Å². The van der Waals surface area contributed by atoms with Gasteiger partial charge in [0, 0.05) is 43.4 Å². The minimum Gasteiger partial charge on any atom is -0.508 e. The lowest BCUT2D eigenvalue weighted by atomic mass is 10.0. The maximum Gasteiger partial charge on any atom is 0.227 e. The molecule has 0 saturated carbocycles. The second-order valence-electron chi connectivity index (χ2n) is 12.1. The number of hydrogen-bond acceptors (Lipinski definition) is 9. The highest BCUT2D eigenvalue weighted by molar-refractivity contribution is 5.95. The van der Waals surface area contributed by atoms with E-state index in [1.807, 2.05) is 60.7 Å². The number of carbonyl (C=O) groups excluding carboxylic acids is 3. The molecule has 0 atom stereocenters. The van der Waals surface area contributed by atoms with E-state index in [-0.39, 0.29) is 36.2 Å². The molecule has 3 aromatic carbocycles. The lowest BCUT2D eigenvalue weighted by molar-refractivity contribution is -0.123. The molecule has 1 aliphatic heterocycles. The number of benzene rings is 3. The number of aromatic hydroxyl groups is 1. The number of rotatable bonds is 25. The molecule has 278 valence electrons. The van der Waals surface area contributed by atoms with Crippen LogP contribution in [0.25, 0.3) is 0 Å². The number of ketones is 1. The van der Waals surface area contributed by atoms with E-state index in [9.17, 15) is 19.5 Å². The van der Waals surface area contributed by atoms with E-state index in [0.29, 0.717) is 105 Å². The first kappa shape index (κ1) is 40.2. The van der Waals surface area contributed by atoms with Gasteiger partial charge in [0.2, 0.25) is 11.8 Å². The second-order valence-corrected chi connectivity index (χ2v) is 12.1. The Kier molecular flexibility index (Phi) is 18.4. The van der Waals surface area contributed by atoms with Crippen molar-refractivity contribution < 1.29 is 43.2 Å². The molecular weight excluding hydrogens is 664 g/mol. The zero-order valence-corrected chi connectivity index (χ0v) is 29.8. The topological polar surface area (TPSA) is 133 Å². The van der Waals surface area contributed by atoms with Gasteiger partial charge in [-0.2, -0.15) is 0 Å². The van der Waals surface area contributed by atoms with Crippen molar-refractivity contribution in [1.29, 1.82) is 0 Å². The average Bonchev–Trinajstić information content (AvgIpc) is 3.14. The summed E-state index contributed by atoms with van der Waals surface area (Å²) >= 11 is 0. The molecule has 0 aromatic heterocycles. The number of fused-ring (bicyclic) bond motifs is 2. The van der Waals surface area contributed by atoms with E-state index in [0.717, 1.165) is 27.9 Å². The number of anilines is 1. The van der Waals surface area contributed by atoms with Crippen molar-refractivity contribution in [2.24, 2.45) is 0 Å². The summed E-state index contributed by atoms with van der Waals surface area (Å²) in [5, 5.41) is 12.2. The van der Waals surface area contributed by atoms with Gasteiger partial charge in [0.1, 0.15) is 11.5 Å². The number of ether oxygens (including phenoxy) is 5. The Balaban J connectivity index is 0.909. The predicted octanol–water partition coefficient (Wildman–Crippen LogP) is 4.60. The molecule has 3 aromatic rings. The molecular formula is C41H50N2O9. The summed E-state index contributed by atoms with van der Waals surface area (Å²) in [5.74, 6) is 6.64. The van der Waals surface area contributed by atoms with Gasteiger partial charge in [0.05, 0.1) is 78.3 Å². The van der Waals surface area contributed by atoms with Crippen molar-refractivity contribution in [2.45, 2.75) is 45.1 Å². The van der Waals surface area contributed by atoms with E-state index >= 15 is 0 Å².